The number of para-hydroxylation sites is 1. The minimum atomic E-state index is -1.13. The average Bonchev–Trinajstić information content (AvgIpc) is 2.85. The molecular formula is C22H25N3O3. The van der Waals surface area contributed by atoms with Gasteiger partial charge in [0.2, 0.25) is 12.1 Å². The van der Waals surface area contributed by atoms with Crippen molar-refractivity contribution in [2.24, 2.45) is 10.9 Å². The number of benzodiazepines with no additional fused rings is 1. The molecule has 2 amide bonds. The molecule has 6 nitrogen and oxygen atoms in total. The number of hydrogen-bond donors (Lipinski definition) is 1. The number of hydrogen-bond acceptors (Lipinski definition) is 4. The lowest BCUT2D eigenvalue weighted by atomic mass is 10.0. The standard InChI is InChI=1S/C22H25N3O3/c1-4-15(2)21(27)25(14-26)20-22(28)24(3)18-13-9-8-12-17(18)19(23-20)16-10-6-5-7-11-16/h5-13,15,20,26H,4,14H2,1-3H3. The molecule has 0 bridgehead atoms. The van der Waals surface area contributed by atoms with E-state index >= 15 is 0 Å². The molecule has 3 rings (SSSR count). The Hall–Kier alpha value is -2.99. The summed E-state index contributed by atoms with van der Waals surface area (Å²) in [7, 11) is 1.67. The maximum absolute atomic E-state index is 13.2. The van der Waals surface area contributed by atoms with Crippen molar-refractivity contribution in [1.29, 1.82) is 0 Å². The van der Waals surface area contributed by atoms with Gasteiger partial charge in [0.15, 0.2) is 0 Å². The number of aliphatic hydroxyl groups is 1. The number of benzene rings is 2. The van der Waals surface area contributed by atoms with Gasteiger partial charge in [0.1, 0.15) is 6.73 Å². The van der Waals surface area contributed by atoms with Crippen LogP contribution in [0.1, 0.15) is 31.4 Å². The summed E-state index contributed by atoms with van der Waals surface area (Å²) >= 11 is 0. The van der Waals surface area contributed by atoms with E-state index in [0.29, 0.717) is 17.8 Å². The van der Waals surface area contributed by atoms with Gasteiger partial charge in [-0.05, 0) is 12.5 Å². The summed E-state index contributed by atoms with van der Waals surface area (Å²) in [6, 6.07) is 17.1. The van der Waals surface area contributed by atoms with E-state index in [1.807, 2.05) is 61.5 Å². The monoisotopic (exact) mass is 379 g/mol. The van der Waals surface area contributed by atoms with Crippen molar-refractivity contribution in [3.8, 4) is 0 Å². The quantitative estimate of drug-likeness (QED) is 0.812. The fourth-order valence-corrected chi connectivity index (χ4v) is 3.26. The van der Waals surface area contributed by atoms with Crippen LogP contribution in [0.3, 0.4) is 0 Å². The first-order valence-corrected chi connectivity index (χ1v) is 9.41. The number of carbonyl (C=O) groups is 2. The smallest absolute Gasteiger partial charge is 0.272 e. The molecule has 2 atom stereocenters. The van der Waals surface area contributed by atoms with Crippen molar-refractivity contribution in [2.75, 3.05) is 18.7 Å². The predicted octanol–water partition coefficient (Wildman–Crippen LogP) is 2.65. The molecule has 1 heterocycles. The molecule has 1 N–H and O–H groups in total. The first-order chi connectivity index (χ1) is 13.5. The highest BCUT2D eigenvalue weighted by Crippen LogP contribution is 2.28. The maximum Gasteiger partial charge on any atom is 0.272 e. The Morgan fingerprint density at radius 2 is 1.82 bits per heavy atom. The van der Waals surface area contributed by atoms with E-state index in [0.717, 1.165) is 16.0 Å². The van der Waals surface area contributed by atoms with E-state index in [-0.39, 0.29) is 17.7 Å². The van der Waals surface area contributed by atoms with Crippen LogP contribution in [-0.2, 0) is 9.59 Å². The highest BCUT2D eigenvalue weighted by atomic mass is 16.3. The number of likely N-dealkylation sites (N-methyl/N-ethyl adjacent to an activating group) is 1. The third-order valence-corrected chi connectivity index (χ3v) is 5.14. The maximum atomic E-state index is 13.2. The lowest BCUT2D eigenvalue weighted by molar-refractivity contribution is -0.146. The fraction of sp³-hybridized carbons (Fsp3) is 0.318. The van der Waals surface area contributed by atoms with Gasteiger partial charge in [0, 0.05) is 24.1 Å². The Bertz CT molecular complexity index is 895. The number of anilines is 1. The Morgan fingerprint density at radius 3 is 2.46 bits per heavy atom. The number of nitrogens with zero attached hydrogens (tertiary/aromatic N) is 3. The molecule has 0 spiro atoms. The summed E-state index contributed by atoms with van der Waals surface area (Å²) in [5.74, 6) is -0.964. The second-order valence-electron chi connectivity index (χ2n) is 6.89. The molecule has 2 aromatic carbocycles. The molecule has 6 heteroatoms. The number of fused-ring (bicyclic) bond motifs is 1. The predicted molar refractivity (Wildman–Crippen MR) is 109 cm³/mol. The van der Waals surface area contributed by atoms with E-state index in [1.165, 1.54) is 4.90 Å². The zero-order valence-corrected chi connectivity index (χ0v) is 16.4. The Balaban J connectivity index is 2.18. The van der Waals surface area contributed by atoms with Crippen LogP contribution in [0.4, 0.5) is 5.69 Å². The average molecular weight is 379 g/mol. The van der Waals surface area contributed by atoms with Gasteiger partial charge in [-0.15, -0.1) is 0 Å². The molecule has 1 aliphatic rings. The number of carbonyl (C=O) groups excluding carboxylic acids is 2. The zero-order chi connectivity index (χ0) is 20.3. The topological polar surface area (TPSA) is 73.2 Å². The zero-order valence-electron chi connectivity index (χ0n) is 16.4. The van der Waals surface area contributed by atoms with Crippen LogP contribution in [0.5, 0.6) is 0 Å². The molecule has 0 fully saturated rings. The second kappa shape index (κ2) is 8.35. The van der Waals surface area contributed by atoms with Crippen molar-refractivity contribution < 1.29 is 14.7 Å². The third-order valence-electron chi connectivity index (χ3n) is 5.14. The Morgan fingerprint density at radius 1 is 1.18 bits per heavy atom. The van der Waals surface area contributed by atoms with Crippen LogP contribution in [0, 0.1) is 5.92 Å². The molecule has 0 saturated carbocycles. The molecule has 2 aromatic rings. The SMILES string of the molecule is CCC(C)C(=O)N(CO)C1N=C(c2ccccc2)c2ccccc2N(C)C1=O. The van der Waals surface area contributed by atoms with Crippen LogP contribution in [-0.4, -0.2) is 47.5 Å². The van der Waals surface area contributed by atoms with Crippen LogP contribution in [0.15, 0.2) is 59.6 Å². The summed E-state index contributed by atoms with van der Waals surface area (Å²) in [6.45, 7) is 3.11. The molecule has 28 heavy (non-hydrogen) atoms. The normalized spacial score (nSPS) is 17.4. The van der Waals surface area contributed by atoms with Crippen molar-refractivity contribution in [1.82, 2.24) is 4.90 Å². The van der Waals surface area contributed by atoms with Gasteiger partial charge in [-0.25, -0.2) is 4.99 Å². The van der Waals surface area contributed by atoms with Gasteiger partial charge in [0.25, 0.3) is 5.91 Å². The summed E-state index contributed by atoms with van der Waals surface area (Å²) in [4.78, 5) is 33.4. The summed E-state index contributed by atoms with van der Waals surface area (Å²) < 4.78 is 0. The highest BCUT2D eigenvalue weighted by molar-refractivity contribution is 6.20. The summed E-state index contributed by atoms with van der Waals surface area (Å²) in [6.07, 6.45) is -0.513. The Kier molecular flexibility index (Phi) is 5.90. The minimum Gasteiger partial charge on any atom is -0.376 e. The number of aliphatic imine (C=N–C) groups is 1. The van der Waals surface area contributed by atoms with E-state index in [1.54, 1.807) is 14.0 Å². The summed E-state index contributed by atoms with van der Waals surface area (Å²) in [5, 5.41) is 9.93. The van der Waals surface area contributed by atoms with Crippen molar-refractivity contribution in [3.63, 3.8) is 0 Å². The van der Waals surface area contributed by atoms with Crippen LogP contribution < -0.4 is 4.90 Å². The van der Waals surface area contributed by atoms with Crippen molar-refractivity contribution in [2.45, 2.75) is 26.4 Å². The van der Waals surface area contributed by atoms with E-state index < -0.39 is 12.9 Å². The van der Waals surface area contributed by atoms with Gasteiger partial charge in [-0.1, -0.05) is 62.4 Å². The highest BCUT2D eigenvalue weighted by Gasteiger charge is 2.36. The van der Waals surface area contributed by atoms with Gasteiger partial charge in [-0.2, -0.15) is 0 Å². The first kappa shape index (κ1) is 19.8. The van der Waals surface area contributed by atoms with Crippen LogP contribution in [0.25, 0.3) is 0 Å². The van der Waals surface area contributed by atoms with E-state index in [4.69, 9.17) is 4.99 Å². The molecule has 0 aliphatic carbocycles. The van der Waals surface area contributed by atoms with Gasteiger partial charge >= 0.3 is 0 Å². The van der Waals surface area contributed by atoms with Crippen LogP contribution >= 0.6 is 0 Å². The Labute approximate surface area is 165 Å². The molecular weight excluding hydrogens is 354 g/mol. The minimum absolute atomic E-state index is 0.293. The molecule has 0 saturated heterocycles. The van der Waals surface area contributed by atoms with Crippen molar-refractivity contribution in [3.05, 3.63) is 65.7 Å². The van der Waals surface area contributed by atoms with Crippen molar-refractivity contribution >= 4 is 23.2 Å². The van der Waals surface area contributed by atoms with Gasteiger partial charge < -0.3 is 10.0 Å². The number of aliphatic hydroxyl groups excluding tert-OH is 1. The second-order valence-corrected chi connectivity index (χ2v) is 6.89. The largest absolute Gasteiger partial charge is 0.376 e. The molecule has 2 unspecified atom stereocenters. The third kappa shape index (κ3) is 3.55. The lowest BCUT2D eigenvalue weighted by Crippen LogP contribution is -2.50. The fourth-order valence-electron chi connectivity index (χ4n) is 3.26. The van der Waals surface area contributed by atoms with Gasteiger partial charge in [-0.3, -0.25) is 14.5 Å². The van der Waals surface area contributed by atoms with Crippen LogP contribution in [0.2, 0.25) is 0 Å². The first-order valence-electron chi connectivity index (χ1n) is 9.41. The lowest BCUT2D eigenvalue weighted by Gasteiger charge is -2.30. The molecule has 0 aromatic heterocycles. The number of rotatable bonds is 5. The number of amides is 2. The van der Waals surface area contributed by atoms with E-state index in [2.05, 4.69) is 0 Å². The van der Waals surface area contributed by atoms with E-state index in [9.17, 15) is 14.7 Å². The van der Waals surface area contributed by atoms with Gasteiger partial charge in [0.05, 0.1) is 11.4 Å². The summed E-state index contributed by atoms with van der Waals surface area (Å²) in [5.41, 5.74) is 2.98. The molecule has 1 aliphatic heterocycles. The molecule has 0 radical (unpaired) electrons. The molecule has 146 valence electrons.